The molecule has 0 atom stereocenters. The first-order valence-corrected chi connectivity index (χ1v) is 7.79. The second kappa shape index (κ2) is 8.42. The highest BCUT2D eigenvalue weighted by Gasteiger charge is 1.97. The van der Waals surface area contributed by atoms with Gasteiger partial charge in [0, 0.05) is 11.4 Å². The van der Waals surface area contributed by atoms with E-state index in [4.69, 9.17) is 0 Å². The van der Waals surface area contributed by atoms with Gasteiger partial charge in [-0.2, -0.15) is 0 Å². The zero-order valence-electron chi connectivity index (χ0n) is 12.4. The van der Waals surface area contributed by atoms with Crippen molar-refractivity contribution in [2.24, 2.45) is 0 Å². The summed E-state index contributed by atoms with van der Waals surface area (Å²) in [6.07, 6.45) is 7.90. The highest BCUT2D eigenvalue weighted by molar-refractivity contribution is 5.59. The quantitative estimate of drug-likeness (QED) is 0.583. The van der Waals surface area contributed by atoms with Crippen LogP contribution in [-0.2, 0) is 6.42 Å². The standard InChI is InChI=1S/C19H25N/c1-2-3-4-5-7-11-17-12-10-15-19(16-17)20-18-13-8-6-9-14-18/h6,8-10,12-16,20H,2-5,7,11H2,1H3. The normalized spacial score (nSPS) is 10.4. The fraction of sp³-hybridized carbons (Fsp3) is 0.368. The van der Waals surface area contributed by atoms with Crippen LogP contribution in [0, 0.1) is 0 Å². The fourth-order valence-corrected chi connectivity index (χ4v) is 2.43. The van der Waals surface area contributed by atoms with E-state index in [-0.39, 0.29) is 0 Å². The predicted octanol–water partition coefficient (Wildman–Crippen LogP) is 5.94. The van der Waals surface area contributed by atoms with Gasteiger partial charge in [0.25, 0.3) is 0 Å². The number of para-hydroxylation sites is 1. The van der Waals surface area contributed by atoms with Crippen LogP contribution in [0.25, 0.3) is 0 Å². The van der Waals surface area contributed by atoms with Crippen molar-refractivity contribution in [3.63, 3.8) is 0 Å². The lowest BCUT2D eigenvalue weighted by molar-refractivity contribution is 0.632. The Hall–Kier alpha value is -1.76. The van der Waals surface area contributed by atoms with Gasteiger partial charge in [0.2, 0.25) is 0 Å². The summed E-state index contributed by atoms with van der Waals surface area (Å²) in [6, 6.07) is 19.1. The minimum atomic E-state index is 1.15. The molecular formula is C19H25N. The summed E-state index contributed by atoms with van der Waals surface area (Å²) in [7, 11) is 0. The number of rotatable bonds is 8. The molecule has 0 unspecified atom stereocenters. The van der Waals surface area contributed by atoms with Crippen molar-refractivity contribution in [2.75, 3.05) is 5.32 Å². The zero-order chi connectivity index (χ0) is 14.0. The van der Waals surface area contributed by atoms with E-state index in [0.717, 1.165) is 5.69 Å². The number of nitrogens with one attached hydrogen (secondary N) is 1. The lowest BCUT2D eigenvalue weighted by Crippen LogP contribution is -1.92. The average Bonchev–Trinajstić information content (AvgIpc) is 2.48. The van der Waals surface area contributed by atoms with E-state index < -0.39 is 0 Å². The molecule has 0 spiro atoms. The topological polar surface area (TPSA) is 12.0 Å². The highest BCUT2D eigenvalue weighted by atomic mass is 14.9. The number of aryl methyl sites for hydroxylation is 1. The Labute approximate surface area is 123 Å². The van der Waals surface area contributed by atoms with Gasteiger partial charge < -0.3 is 5.32 Å². The number of hydrogen-bond acceptors (Lipinski definition) is 1. The van der Waals surface area contributed by atoms with Crippen LogP contribution >= 0.6 is 0 Å². The van der Waals surface area contributed by atoms with Crippen molar-refractivity contribution in [1.29, 1.82) is 0 Å². The average molecular weight is 267 g/mol. The van der Waals surface area contributed by atoms with Crippen LogP contribution in [0.15, 0.2) is 54.6 Å². The zero-order valence-corrected chi connectivity index (χ0v) is 12.4. The van der Waals surface area contributed by atoms with Gasteiger partial charge in [-0.1, -0.05) is 62.9 Å². The predicted molar refractivity (Wildman–Crippen MR) is 88.6 cm³/mol. The molecule has 0 fully saturated rings. The number of anilines is 2. The highest BCUT2D eigenvalue weighted by Crippen LogP contribution is 2.18. The molecule has 0 aliphatic carbocycles. The molecule has 0 heterocycles. The Morgan fingerprint density at radius 2 is 1.50 bits per heavy atom. The molecule has 0 radical (unpaired) electrons. The van der Waals surface area contributed by atoms with Crippen molar-refractivity contribution in [1.82, 2.24) is 0 Å². The first-order valence-electron chi connectivity index (χ1n) is 7.79. The monoisotopic (exact) mass is 267 g/mol. The van der Waals surface area contributed by atoms with Crippen molar-refractivity contribution >= 4 is 11.4 Å². The first kappa shape index (κ1) is 14.6. The summed E-state index contributed by atoms with van der Waals surface area (Å²) in [5.74, 6) is 0. The first-order chi connectivity index (χ1) is 9.88. The molecule has 2 aromatic rings. The molecule has 2 aromatic carbocycles. The van der Waals surface area contributed by atoms with Gasteiger partial charge in [-0.05, 0) is 42.7 Å². The Morgan fingerprint density at radius 3 is 2.30 bits per heavy atom. The number of benzene rings is 2. The molecule has 1 N–H and O–H groups in total. The molecule has 20 heavy (non-hydrogen) atoms. The third-order valence-electron chi connectivity index (χ3n) is 3.56. The third kappa shape index (κ3) is 5.08. The van der Waals surface area contributed by atoms with Crippen LogP contribution in [-0.4, -0.2) is 0 Å². The molecule has 2 rings (SSSR count). The van der Waals surface area contributed by atoms with Crippen LogP contribution in [0.2, 0.25) is 0 Å². The third-order valence-corrected chi connectivity index (χ3v) is 3.56. The summed E-state index contributed by atoms with van der Waals surface area (Å²) in [5.41, 5.74) is 3.76. The van der Waals surface area contributed by atoms with Gasteiger partial charge in [-0.3, -0.25) is 0 Å². The van der Waals surface area contributed by atoms with Crippen LogP contribution in [0.5, 0.6) is 0 Å². The van der Waals surface area contributed by atoms with Crippen molar-refractivity contribution in [2.45, 2.75) is 45.4 Å². The smallest absolute Gasteiger partial charge is 0.0386 e. The Kier molecular flexibility index (Phi) is 6.16. The minimum Gasteiger partial charge on any atom is -0.356 e. The maximum absolute atomic E-state index is 3.46. The van der Waals surface area contributed by atoms with Gasteiger partial charge >= 0.3 is 0 Å². The number of hydrogen-bond donors (Lipinski definition) is 1. The molecule has 1 nitrogen and oxygen atoms in total. The summed E-state index contributed by atoms with van der Waals surface area (Å²) in [5, 5.41) is 3.46. The maximum Gasteiger partial charge on any atom is 0.0386 e. The van der Waals surface area contributed by atoms with Gasteiger partial charge in [0.15, 0.2) is 0 Å². The van der Waals surface area contributed by atoms with Crippen LogP contribution < -0.4 is 5.32 Å². The van der Waals surface area contributed by atoms with Gasteiger partial charge in [0.1, 0.15) is 0 Å². The van der Waals surface area contributed by atoms with E-state index in [0.29, 0.717) is 0 Å². The van der Waals surface area contributed by atoms with Crippen LogP contribution in [0.1, 0.15) is 44.6 Å². The fourth-order valence-electron chi connectivity index (χ4n) is 2.43. The molecule has 0 saturated heterocycles. The van der Waals surface area contributed by atoms with Gasteiger partial charge in [-0.25, -0.2) is 0 Å². The second-order valence-corrected chi connectivity index (χ2v) is 5.36. The SMILES string of the molecule is CCCCCCCc1cccc(Nc2ccccc2)c1. The second-order valence-electron chi connectivity index (χ2n) is 5.36. The molecule has 1 heteroatoms. The molecular weight excluding hydrogens is 242 g/mol. The summed E-state index contributed by atoms with van der Waals surface area (Å²) >= 11 is 0. The molecule has 0 aliphatic heterocycles. The van der Waals surface area contributed by atoms with Gasteiger partial charge in [0.05, 0.1) is 0 Å². The van der Waals surface area contributed by atoms with Gasteiger partial charge in [-0.15, -0.1) is 0 Å². The van der Waals surface area contributed by atoms with E-state index in [9.17, 15) is 0 Å². The van der Waals surface area contributed by atoms with Crippen LogP contribution in [0.3, 0.4) is 0 Å². The molecule has 0 aromatic heterocycles. The Bertz CT molecular complexity index is 490. The molecule has 0 amide bonds. The summed E-state index contributed by atoms with van der Waals surface area (Å²) in [6.45, 7) is 2.26. The summed E-state index contributed by atoms with van der Waals surface area (Å²) < 4.78 is 0. The van der Waals surface area contributed by atoms with E-state index in [1.165, 1.54) is 49.8 Å². The van der Waals surface area contributed by atoms with E-state index in [1.807, 2.05) is 6.07 Å². The Balaban J connectivity index is 1.84. The molecule has 0 aliphatic rings. The molecule has 106 valence electrons. The van der Waals surface area contributed by atoms with E-state index >= 15 is 0 Å². The van der Waals surface area contributed by atoms with Crippen molar-refractivity contribution in [3.05, 3.63) is 60.2 Å². The lowest BCUT2D eigenvalue weighted by atomic mass is 10.0. The molecule has 0 saturated carbocycles. The number of unbranched alkanes of at least 4 members (excludes halogenated alkanes) is 4. The summed E-state index contributed by atoms with van der Waals surface area (Å²) in [4.78, 5) is 0. The van der Waals surface area contributed by atoms with E-state index in [2.05, 4.69) is 60.8 Å². The molecule has 0 bridgehead atoms. The van der Waals surface area contributed by atoms with E-state index in [1.54, 1.807) is 0 Å². The van der Waals surface area contributed by atoms with Crippen LogP contribution in [0.4, 0.5) is 11.4 Å². The lowest BCUT2D eigenvalue weighted by Gasteiger charge is -2.08. The van der Waals surface area contributed by atoms with Crippen molar-refractivity contribution < 1.29 is 0 Å². The van der Waals surface area contributed by atoms with Crippen molar-refractivity contribution in [3.8, 4) is 0 Å². The minimum absolute atomic E-state index is 1.15. The Morgan fingerprint density at radius 1 is 0.750 bits per heavy atom. The largest absolute Gasteiger partial charge is 0.356 e. The maximum atomic E-state index is 3.46.